The van der Waals surface area contributed by atoms with Gasteiger partial charge in [-0.2, -0.15) is 5.10 Å². The zero-order chi connectivity index (χ0) is 10.7. The van der Waals surface area contributed by atoms with Gasteiger partial charge in [-0.3, -0.25) is 0 Å². The number of rotatable bonds is 1. The minimum atomic E-state index is -1.10. The van der Waals surface area contributed by atoms with Gasteiger partial charge in [0.15, 0.2) is 5.82 Å². The van der Waals surface area contributed by atoms with Gasteiger partial charge in [0, 0.05) is 32.4 Å². The van der Waals surface area contributed by atoms with Gasteiger partial charge in [0.05, 0.1) is 0 Å². The number of piperazine rings is 1. The molecule has 0 radical (unpaired) electrons. The number of aromatic nitrogens is 2. The highest BCUT2D eigenvalue weighted by atomic mass is 16.4. The summed E-state index contributed by atoms with van der Waals surface area (Å²) in [4.78, 5) is 13.9. The normalized spacial score (nSPS) is 16.5. The van der Waals surface area contributed by atoms with Crippen molar-refractivity contribution < 1.29 is 9.90 Å². The Morgan fingerprint density at radius 3 is 2.60 bits per heavy atom. The van der Waals surface area contributed by atoms with E-state index in [2.05, 4.69) is 10.2 Å². The molecule has 1 saturated heterocycles. The topological polar surface area (TPSA) is 72.4 Å². The molecule has 6 heteroatoms. The van der Waals surface area contributed by atoms with Crippen LogP contribution in [0.3, 0.4) is 0 Å². The second-order valence-corrected chi connectivity index (χ2v) is 3.32. The highest BCUT2D eigenvalue weighted by molar-refractivity contribution is 5.63. The first kappa shape index (κ1) is 9.70. The third kappa shape index (κ3) is 2.15. The second-order valence-electron chi connectivity index (χ2n) is 3.32. The zero-order valence-corrected chi connectivity index (χ0v) is 8.17. The summed E-state index contributed by atoms with van der Waals surface area (Å²) in [7, 11) is 0. The van der Waals surface area contributed by atoms with Crippen molar-refractivity contribution in [2.24, 2.45) is 0 Å². The number of carbonyl (C=O) groups is 1. The Kier molecular flexibility index (Phi) is 2.66. The van der Waals surface area contributed by atoms with Crippen molar-refractivity contribution in [1.82, 2.24) is 15.1 Å². The number of hydrogen-bond acceptors (Lipinski definition) is 5. The van der Waals surface area contributed by atoms with E-state index in [1.54, 1.807) is 6.20 Å². The lowest BCUT2D eigenvalue weighted by Gasteiger charge is -2.36. The quantitative estimate of drug-likeness (QED) is 0.587. The summed E-state index contributed by atoms with van der Waals surface area (Å²) in [5.41, 5.74) is 0. The van der Waals surface area contributed by atoms with Crippen molar-refractivity contribution in [3.63, 3.8) is 0 Å². The zero-order valence-electron chi connectivity index (χ0n) is 8.17. The monoisotopic (exact) mass is 207 g/mol. The number of nitrogens with zero attached hydrogens (tertiary/aromatic N) is 4. The number of carboxylic acid groups (broad SMARTS) is 1. The predicted octanol–water partition coefficient (Wildman–Crippen LogP) is -1.06. The second kappa shape index (κ2) is 4.12. The van der Waals surface area contributed by atoms with E-state index in [1.807, 2.05) is 17.0 Å². The van der Waals surface area contributed by atoms with E-state index in [4.69, 9.17) is 0 Å². The van der Waals surface area contributed by atoms with Crippen molar-refractivity contribution in [2.45, 2.75) is 0 Å². The van der Waals surface area contributed by atoms with E-state index in [1.165, 1.54) is 4.90 Å². The molecule has 1 amide bonds. The maximum atomic E-state index is 10.6. The summed E-state index contributed by atoms with van der Waals surface area (Å²) in [6.07, 6.45) is 0.509. The lowest BCUT2D eigenvalue weighted by molar-refractivity contribution is -0.265. The molecule has 2 rings (SSSR count). The van der Waals surface area contributed by atoms with E-state index >= 15 is 0 Å². The molecule has 1 aromatic heterocycles. The maximum absolute atomic E-state index is 10.6. The molecule has 0 saturated carbocycles. The van der Waals surface area contributed by atoms with Crippen LogP contribution in [0, 0.1) is 0 Å². The van der Waals surface area contributed by atoms with Crippen molar-refractivity contribution in [2.75, 3.05) is 31.1 Å². The molecule has 1 aliphatic heterocycles. The van der Waals surface area contributed by atoms with Gasteiger partial charge >= 0.3 is 0 Å². The highest BCUT2D eigenvalue weighted by Crippen LogP contribution is 2.10. The average Bonchev–Trinajstić information content (AvgIpc) is 2.30. The van der Waals surface area contributed by atoms with Crippen LogP contribution < -0.4 is 10.0 Å². The summed E-state index contributed by atoms with van der Waals surface area (Å²) in [6.45, 7) is 2.18. The van der Waals surface area contributed by atoms with Crippen molar-refractivity contribution in [3.05, 3.63) is 18.3 Å². The first-order valence-corrected chi connectivity index (χ1v) is 4.76. The molecule has 0 aliphatic carbocycles. The van der Waals surface area contributed by atoms with Gasteiger partial charge in [-0.15, -0.1) is 5.10 Å². The van der Waals surface area contributed by atoms with Crippen molar-refractivity contribution in [1.29, 1.82) is 0 Å². The molecule has 1 aliphatic rings. The van der Waals surface area contributed by atoms with Crippen LogP contribution in [-0.4, -0.2) is 47.4 Å². The van der Waals surface area contributed by atoms with Crippen LogP contribution in [0.2, 0.25) is 0 Å². The van der Waals surface area contributed by atoms with Gasteiger partial charge in [-0.05, 0) is 12.1 Å². The molecular formula is C9H11N4O2-. The van der Waals surface area contributed by atoms with Gasteiger partial charge in [-0.25, -0.2) is 0 Å². The minimum Gasteiger partial charge on any atom is -0.530 e. The van der Waals surface area contributed by atoms with Crippen LogP contribution in [0.15, 0.2) is 18.3 Å². The van der Waals surface area contributed by atoms with Gasteiger partial charge in [0.25, 0.3) is 0 Å². The Morgan fingerprint density at radius 2 is 2.07 bits per heavy atom. The number of anilines is 1. The average molecular weight is 207 g/mol. The Morgan fingerprint density at radius 1 is 1.33 bits per heavy atom. The van der Waals surface area contributed by atoms with E-state index in [-0.39, 0.29) is 0 Å². The van der Waals surface area contributed by atoms with Crippen LogP contribution in [0.5, 0.6) is 0 Å². The summed E-state index contributed by atoms with van der Waals surface area (Å²) in [6, 6.07) is 3.68. The lowest BCUT2D eigenvalue weighted by Crippen LogP contribution is -2.52. The fourth-order valence-electron chi connectivity index (χ4n) is 1.58. The molecule has 0 aromatic carbocycles. The predicted molar refractivity (Wildman–Crippen MR) is 51.2 cm³/mol. The number of hydrogen-bond donors (Lipinski definition) is 0. The Hall–Kier alpha value is -1.85. The molecule has 1 aromatic rings. The molecule has 0 N–H and O–H groups in total. The molecule has 15 heavy (non-hydrogen) atoms. The first-order chi connectivity index (χ1) is 7.27. The first-order valence-electron chi connectivity index (χ1n) is 4.76. The Balaban J connectivity index is 1.97. The van der Waals surface area contributed by atoms with Crippen molar-refractivity contribution in [3.8, 4) is 0 Å². The molecule has 1 fully saturated rings. The molecule has 0 atom stereocenters. The van der Waals surface area contributed by atoms with Gasteiger partial charge in [0.2, 0.25) is 0 Å². The van der Waals surface area contributed by atoms with E-state index in [0.717, 1.165) is 5.82 Å². The minimum absolute atomic E-state index is 0.457. The molecule has 2 heterocycles. The molecule has 0 bridgehead atoms. The summed E-state index contributed by atoms with van der Waals surface area (Å²) < 4.78 is 0. The summed E-state index contributed by atoms with van der Waals surface area (Å²) in [5, 5.41) is 18.3. The molecule has 6 nitrogen and oxygen atoms in total. The van der Waals surface area contributed by atoms with Crippen LogP contribution in [0.1, 0.15) is 0 Å². The van der Waals surface area contributed by atoms with E-state index in [0.29, 0.717) is 26.2 Å². The Bertz CT molecular complexity index is 335. The van der Waals surface area contributed by atoms with Crippen molar-refractivity contribution >= 4 is 11.9 Å². The number of amides is 1. The molecule has 80 valence electrons. The van der Waals surface area contributed by atoms with Crippen LogP contribution in [0.25, 0.3) is 0 Å². The standard InChI is InChI=1S/C9H12N4O2/c14-9(15)13-6-4-12(5-7-13)8-2-1-3-10-11-8/h1-3H,4-7H2,(H,14,15)/p-1. The molecule has 0 unspecified atom stereocenters. The third-order valence-electron chi connectivity index (χ3n) is 2.42. The van der Waals surface area contributed by atoms with Crippen LogP contribution in [-0.2, 0) is 0 Å². The maximum Gasteiger partial charge on any atom is 0.151 e. The van der Waals surface area contributed by atoms with Gasteiger partial charge < -0.3 is 19.7 Å². The third-order valence-corrected chi connectivity index (χ3v) is 2.42. The number of carbonyl (C=O) groups excluding carboxylic acids is 1. The van der Waals surface area contributed by atoms with Gasteiger partial charge in [0.1, 0.15) is 6.09 Å². The molecular weight excluding hydrogens is 196 g/mol. The molecule has 0 spiro atoms. The van der Waals surface area contributed by atoms with E-state index < -0.39 is 6.09 Å². The SMILES string of the molecule is O=C([O-])N1CCN(c2cccnn2)CC1. The largest absolute Gasteiger partial charge is 0.530 e. The highest BCUT2D eigenvalue weighted by Gasteiger charge is 2.17. The van der Waals surface area contributed by atoms with Crippen LogP contribution >= 0.6 is 0 Å². The Labute approximate surface area is 87.1 Å². The fraction of sp³-hybridized carbons (Fsp3) is 0.444. The smallest absolute Gasteiger partial charge is 0.151 e. The van der Waals surface area contributed by atoms with Crippen LogP contribution in [0.4, 0.5) is 10.6 Å². The fourth-order valence-corrected chi connectivity index (χ4v) is 1.58. The summed E-state index contributed by atoms with van der Waals surface area (Å²) >= 11 is 0. The lowest BCUT2D eigenvalue weighted by atomic mass is 10.3. The van der Waals surface area contributed by atoms with E-state index in [9.17, 15) is 9.90 Å². The summed E-state index contributed by atoms with van der Waals surface area (Å²) in [5.74, 6) is 0.787. The van der Waals surface area contributed by atoms with Gasteiger partial charge in [-0.1, -0.05) is 0 Å².